The molecule has 3 aromatic rings. The molecule has 2 fully saturated rings. The lowest BCUT2D eigenvalue weighted by molar-refractivity contribution is 0.0735. The topological polar surface area (TPSA) is 99.7 Å². The van der Waals surface area contributed by atoms with Crippen molar-refractivity contribution in [2.24, 2.45) is 0 Å². The largest absolute Gasteiger partial charge is 0.352 e. The van der Waals surface area contributed by atoms with E-state index in [0.717, 1.165) is 29.6 Å². The second-order valence-corrected chi connectivity index (χ2v) is 12.7. The maximum absolute atomic E-state index is 13.7. The van der Waals surface area contributed by atoms with Crippen molar-refractivity contribution in [1.29, 1.82) is 0 Å². The number of carbonyl (C=O) groups excluding carboxylic acids is 2. The van der Waals surface area contributed by atoms with E-state index in [2.05, 4.69) is 10.3 Å². The summed E-state index contributed by atoms with van der Waals surface area (Å²) in [6.07, 6.45) is 2.22. The lowest BCUT2D eigenvalue weighted by Crippen LogP contribution is -2.32. The standard InChI is InChI=1S/C27H28F2N4O4S2/c1-17-16-38-26(31-17)24-4-2-7-32(24)27(35)20-12-19(13-23(14-20)33-8-3-9-39(33,36)37)25(34)30-6-5-18-10-21(28)15-22(29)11-18/h10-16,24H,2-9H2,1H3,(H,30,34). The Morgan fingerprint density at radius 3 is 2.46 bits per heavy atom. The molecular weight excluding hydrogens is 546 g/mol. The Labute approximate surface area is 229 Å². The minimum Gasteiger partial charge on any atom is -0.352 e. The van der Waals surface area contributed by atoms with Crippen molar-refractivity contribution < 1.29 is 26.8 Å². The number of aromatic nitrogens is 1. The summed E-state index contributed by atoms with van der Waals surface area (Å²) in [6.45, 7) is 2.78. The highest BCUT2D eigenvalue weighted by Gasteiger charge is 2.34. The number of amides is 2. The van der Waals surface area contributed by atoms with Crippen LogP contribution in [0, 0.1) is 18.6 Å². The number of aryl methyl sites for hydroxylation is 1. The highest BCUT2D eigenvalue weighted by molar-refractivity contribution is 7.93. The third-order valence-corrected chi connectivity index (χ3v) is 9.80. The monoisotopic (exact) mass is 574 g/mol. The summed E-state index contributed by atoms with van der Waals surface area (Å²) in [4.78, 5) is 33.1. The molecule has 2 aliphatic heterocycles. The van der Waals surface area contributed by atoms with Gasteiger partial charge in [0.15, 0.2) is 0 Å². The van der Waals surface area contributed by atoms with E-state index in [4.69, 9.17) is 0 Å². The number of nitrogens with zero attached hydrogens (tertiary/aromatic N) is 3. The predicted octanol–water partition coefficient (Wildman–Crippen LogP) is 4.22. The highest BCUT2D eigenvalue weighted by atomic mass is 32.2. The molecule has 39 heavy (non-hydrogen) atoms. The van der Waals surface area contributed by atoms with Crippen LogP contribution in [0.4, 0.5) is 14.5 Å². The van der Waals surface area contributed by atoms with Crippen LogP contribution in [0.25, 0.3) is 0 Å². The van der Waals surface area contributed by atoms with E-state index in [1.807, 2.05) is 12.3 Å². The van der Waals surface area contributed by atoms with Gasteiger partial charge in [-0.25, -0.2) is 22.2 Å². The Morgan fingerprint density at radius 1 is 1.05 bits per heavy atom. The molecule has 0 radical (unpaired) electrons. The number of halogens is 2. The molecule has 3 heterocycles. The third-order valence-electron chi connectivity index (χ3n) is 6.87. The van der Waals surface area contributed by atoms with Crippen LogP contribution in [-0.2, 0) is 16.4 Å². The van der Waals surface area contributed by atoms with Crippen molar-refractivity contribution in [3.05, 3.63) is 80.8 Å². The SMILES string of the molecule is Cc1csc(C2CCCN2C(=O)c2cc(C(=O)NCCc3cc(F)cc(F)c3)cc(N3CCCS3(=O)=O)c2)n1. The fraction of sp³-hybridized carbons (Fsp3) is 0.370. The first-order valence-corrected chi connectivity index (χ1v) is 15.2. The van der Waals surface area contributed by atoms with E-state index in [9.17, 15) is 26.8 Å². The summed E-state index contributed by atoms with van der Waals surface area (Å²) in [5, 5.41) is 5.50. The van der Waals surface area contributed by atoms with Gasteiger partial charge < -0.3 is 10.2 Å². The van der Waals surface area contributed by atoms with E-state index < -0.39 is 27.6 Å². The molecule has 0 aliphatic carbocycles. The van der Waals surface area contributed by atoms with Crippen LogP contribution in [0.5, 0.6) is 0 Å². The van der Waals surface area contributed by atoms with Gasteiger partial charge in [-0.15, -0.1) is 11.3 Å². The third kappa shape index (κ3) is 5.96. The minimum atomic E-state index is -3.56. The Bertz CT molecular complexity index is 1510. The van der Waals surface area contributed by atoms with Gasteiger partial charge in [0.2, 0.25) is 10.0 Å². The fourth-order valence-electron chi connectivity index (χ4n) is 5.07. The first-order chi connectivity index (χ1) is 18.6. The molecule has 2 aromatic carbocycles. The van der Waals surface area contributed by atoms with E-state index in [-0.39, 0.29) is 54.0 Å². The Hall–Kier alpha value is -3.38. The number of anilines is 1. The van der Waals surface area contributed by atoms with E-state index in [0.29, 0.717) is 18.5 Å². The van der Waals surface area contributed by atoms with Crippen LogP contribution in [0.2, 0.25) is 0 Å². The lowest BCUT2D eigenvalue weighted by atomic mass is 10.1. The fourth-order valence-corrected chi connectivity index (χ4v) is 7.57. The zero-order valence-corrected chi connectivity index (χ0v) is 23.0. The van der Waals surface area contributed by atoms with Crippen LogP contribution in [0.3, 0.4) is 0 Å². The summed E-state index contributed by atoms with van der Waals surface area (Å²) >= 11 is 1.50. The van der Waals surface area contributed by atoms with Crippen LogP contribution >= 0.6 is 11.3 Å². The Morgan fingerprint density at radius 2 is 1.79 bits per heavy atom. The lowest BCUT2D eigenvalue weighted by Gasteiger charge is -2.25. The molecule has 5 rings (SSSR count). The van der Waals surface area contributed by atoms with Crippen LogP contribution < -0.4 is 9.62 Å². The van der Waals surface area contributed by atoms with Gasteiger partial charge in [-0.3, -0.25) is 13.9 Å². The van der Waals surface area contributed by atoms with Gasteiger partial charge in [0, 0.05) is 47.9 Å². The molecule has 0 bridgehead atoms. The molecule has 0 saturated carbocycles. The van der Waals surface area contributed by atoms with Crippen molar-refractivity contribution >= 4 is 38.9 Å². The van der Waals surface area contributed by atoms with E-state index in [1.165, 1.54) is 46.0 Å². The first kappa shape index (κ1) is 27.2. The van der Waals surface area contributed by atoms with Gasteiger partial charge in [0.25, 0.3) is 11.8 Å². The summed E-state index contributed by atoms with van der Waals surface area (Å²) in [5.41, 5.74) is 1.88. The van der Waals surface area contributed by atoms with Crippen molar-refractivity contribution in [2.45, 2.75) is 38.6 Å². The number of thiazole rings is 1. The number of likely N-dealkylation sites (tertiary alicyclic amines) is 1. The van der Waals surface area contributed by atoms with Gasteiger partial charge in [-0.1, -0.05) is 0 Å². The van der Waals surface area contributed by atoms with Gasteiger partial charge in [-0.05, 0) is 68.5 Å². The van der Waals surface area contributed by atoms with E-state index in [1.54, 1.807) is 4.90 Å². The van der Waals surface area contributed by atoms with Crippen molar-refractivity contribution in [3.63, 3.8) is 0 Å². The maximum Gasteiger partial charge on any atom is 0.254 e. The Kier molecular flexibility index (Phi) is 7.68. The maximum atomic E-state index is 13.7. The molecule has 2 amide bonds. The molecule has 206 valence electrons. The number of hydrogen-bond donors (Lipinski definition) is 1. The molecule has 2 aliphatic rings. The highest BCUT2D eigenvalue weighted by Crippen LogP contribution is 2.36. The number of carbonyl (C=O) groups is 2. The second-order valence-electron chi connectivity index (χ2n) is 9.78. The van der Waals surface area contributed by atoms with Crippen LogP contribution in [0.15, 0.2) is 41.8 Å². The molecule has 2 saturated heterocycles. The summed E-state index contributed by atoms with van der Waals surface area (Å²) in [7, 11) is -3.56. The molecule has 12 heteroatoms. The zero-order valence-electron chi connectivity index (χ0n) is 21.3. The molecule has 1 N–H and O–H groups in total. The van der Waals surface area contributed by atoms with Crippen LogP contribution in [-0.4, -0.2) is 55.5 Å². The number of benzene rings is 2. The van der Waals surface area contributed by atoms with Crippen molar-refractivity contribution in [3.8, 4) is 0 Å². The molecule has 1 unspecified atom stereocenters. The van der Waals surface area contributed by atoms with Gasteiger partial charge in [-0.2, -0.15) is 0 Å². The first-order valence-electron chi connectivity index (χ1n) is 12.7. The normalized spacial score (nSPS) is 18.5. The smallest absolute Gasteiger partial charge is 0.254 e. The van der Waals surface area contributed by atoms with E-state index >= 15 is 0 Å². The molecule has 1 aromatic heterocycles. The van der Waals surface area contributed by atoms with Gasteiger partial charge >= 0.3 is 0 Å². The molecule has 0 spiro atoms. The molecular formula is C27H28F2N4O4S2. The van der Waals surface area contributed by atoms with Crippen molar-refractivity contribution in [2.75, 3.05) is 29.7 Å². The summed E-state index contributed by atoms with van der Waals surface area (Å²) in [6, 6.07) is 7.44. The van der Waals surface area contributed by atoms with Gasteiger partial charge in [0.1, 0.15) is 16.6 Å². The number of hydrogen-bond acceptors (Lipinski definition) is 6. The average molecular weight is 575 g/mol. The predicted molar refractivity (Wildman–Crippen MR) is 144 cm³/mol. The second kappa shape index (κ2) is 11.0. The zero-order chi connectivity index (χ0) is 27.7. The Balaban J connectivity index is 1.41. The summed E-state index contributed by atoms with van der Waals surface area (Å²) < 4.78 is 53.6. The quantitative estimate of drug-likeness (QED) is 0.456. The number of rotatable bonds is 7. The number of nitrogens with one attached hydrogen (secondary N) is 1. The molecule has 1 atom stereocenters. The average Bonchev–Trinajstić information content (AvgIpc) is 3.62. The number of sulfonamides is 1. The van der Waals surface area contributed by atoms with Crippen molar-refractivity contribution in [1.82, 2.24) is 15.2 Å². The molecule has 8 nitrogen and oxygen atoms in total. The van der Waals surface area contributed by atoms with Gasteiger partial charge in [0.05, 0.1) is 17.5 Å². The van der Waals surface area contributed by atoms with Crippen LogP contribution in [0.1, 0.15) is 62.3 Å². The summed E-state index contributed by atoms with van der Waals surface area (Å²) in [5.74, 6) is -2.23. The minimum absolute atomic E-state index is 0.00546.